The highest BCUT2D eigenvalue weighted by atomic mass is 32.1. The number of benzene rings is 2. The standard InChI is InChI=1S/C35H41N5O5S/c1-6-25-18-39(19-28-30(45-25)10-11-31(41)36-28)17-24-15-23(14-22-12-13-46-34(22)24)27(16-32(42)44-7-2)26-8-9-29-33(21(26)3)37-38-40(29)20-35(4,5)43/h8-15,25,27,43H,6-7,16-20H2,1-5H3,(H,36,41). The molecule has 3 aromatic heterocycles. The summed E-state index contributed by atoms with van der Waals surface area (Å²) in [4.78, 5) is 30.6. The number of hydrogen-bond donors (Lipinski definition) is 2. The average molecular weight is 644 g/mol. The van der Waals surface area contributed by atoms with Gasteiger partial charge in [-0.2, -0.15) is 0 Å². The van der Waals surface area contributed by atoms with E-state index in [-0.39, 0.29) is 30.0 Å². The first-order chi connectivity index (χ1) is 22.0. The number of carbonyl (C=O) groups is 1. The molecule has 0 fully saturated rings. The van der Waals surface area contributed by atoms with Crippen LogP contribution in [0.1, 0.15) is 74.4 Å². The second kappa shape index (κ2) is 13.0. The molecule has 6 rings (SSSR count). The Labute approximate surface area is 272 Å². The Morgan fingerprint density at radius 3 is 2.80 bits per heavy atom. The molecule has 10 nitrogen and oxygen atoms in total. The van der Waals surface area contributed by atoms with Crippen LogP contribution in [0.4, 0.5) is 0 Å². The number of aromatic nitrogens is 4. The molecule has 0 amide bonds. The van der Waals surface area contributed by atoms with Crippen molar-refractivity contribution in [3.8, 4) is 5.75 Å². The number of nitrogens with zero attached hydrogens (tertiary/aromatic N) is 4. The fraction of sp³-hybridized carbons (Fsp3) is 0.429. The quantitative estimate of drug-likeness (QED) is 0.187. The molecule has 46 heavy (non-hydrogen) atoms. The molecule has 1 aliphatic rings. The van der Waals surface area contributed by atoms with Crippen LogP contribution in [0.15, 0.2) is 52.6 Å². The second-order valence-corrected chi connectivity index (χ2v) is 13.7. The number of H-pyrrole nitrogens is 1. The Kier molecular flexibility index (Phi) is 9.00. The number of rotatable bonds is 10. The summed E-state index contributed by atoms with van der Waals surface area (Å²) < 4.78 is 14.7. The minimum Gasteiger partial charge on any atom is -0.487 e. The summed E-state index contributed by atoms with van der Waals surface area (Å²) in [5.74, 6) is 0.184. The topological polar surface area (TPSA) is 123 Å². The lowest BCUT2D eigenvalue weighted by Gasteiger charge is -2.25. The van der Waals surface area contributed by atoms with E-state index < -0.39 is 5.60 Å². The van der Waals surface area contributed by atoms with Gasteiger partial charge in [-0.15, -0.1) is 16.4 Å². The molecule has 0 aliphatic carbocycles. The van der Waals surface area contributed by atoms with Crippen molar-refractivity contribution in [3.63, 3.8) is 0 Å². The lowest BCUT2D eigenvalue weighted by molar-refractivity contribution is -0.143. The maximum Gasteiger partial charge on any atom is 0.306 e. The van der Waals surface area contributed by atoms with Crippen LogP contribution < -0.4 is 10.3 Å². The number of carbonyl (C=O) groups excluding carboxylic acids is 1. The van der Waals surface area contributed by atoms with Crippen LogP contribution in [0.2, 0.25) is 0 Å². The van der Waals surface area contributed by atoms with Crippen LogP contribution in [0, 0.1) is 6.92 Å². The summed E-state index contributed by atoms with van der Waals surface area (Å²) in [5.41, 5.74) is 5.37. The first-order valence-electron chi connectivity index (χ1n) is 15.8. The molecule has 0 saturated carbocycles. The first-order valence-corrected chi connectivity index (χ1v) is 16.7. The number of aryl methyl sites for hydroxylation is 1. The molecular weight excluding hydrogens is 602 g/mol. The third-order valence-corrected chi connectivity index (χ3v) is 9.57. The van der Waals surface area contributed by atoms with E-state index in [2.05, 4.69) is 56.8 Å². The summed E-state index contributed by atoms with van der Waals surface area (Å²) in [6.45, 7) is 12.0. The molecule has 5 aromatic rings. The molecule has 0 radical (unpaired) electrons. The molecule has 4 heterocycles. The maximum absolute atomic E-state index is 13.1. The molecule has 2 aromatic carbocycles. The molecule has 242 valence electrons. The van der Waals surface area contributed by atoms with E-state index in [1.807, 2.05) is 19.9 Å². The van der Waals surface area contributed by atoms with E-state index in [1.165, 1.54) is 10.8 Å². The van der Waals surface area contributed by atoms with Gasteiger partial charge in [-0.25, -0.2) is 4.68 Å². The Morgan fingerprint density at radius 2 is 2.04 bits per heavy atom. The number of hydrogen-bond acceptors (Lipinski definition) is 9. The van der Waals surface area contributed by atoms with Crippen molar-refractivity contribution in [1.29, 1.82) is 0 Å². The van der Waals surface area contributed by atoms with Crippen molar-refractivity contribution in [2.45, 2.75) is 84.7 Å². The molecule has 2 atom stereocenters. The Hall–Kier alpha value is -4.06. The van der Waals surface area contributed by atoms with E-state index in [9.17, 15) is 14.7 Å². The van der Waals surface area contributed by atoms with Gasteiger partial charge >= 0.3 is 5.97 Å². The zero-order valence-corrected chi connectivity index (χ0v) is 27.8. The number of ether oxygens (including phenoxy) is 2. The van der Waals surface area contributed by atoms with Gasteiger partial charge in [0.15, 0.2) is 0 Å². The van der Waals surface area contributed by atoms with E-state index in [1.54, 1.807) is 35.9 Å². The zero-order chi connectivity index (χ0) is 32.6. The van der Waals surface area contributed by atoms with Crippen molar-refractivity contribution in [2.75, 3.05) is 13.2 Å². The van der Waals surface area contributed by atoms with Crippen LogP contribution in [-0.2, 0) is 29.2 Å². The van der Waals surface area contributed by atoms with Crippen LogP contribution in [0.5, 0.6) is 5.75 Å². The summed E-state index contributed by atoms with van der Waals surface area (Å²) in [7, 11) is 0. The molecular formula is C35H41N5O5S. The largest absolute Gasteiger partial charge is 0.487 e. The predicted molar refractivity (Wildman–Crippen MR) is 179 cm³/mol. The van der Waals surface area contributed by atoms with Crippen LogP contribution in [-0.4, -0.2) is 60.8 Å². The highest BCUT2D eigenvalue weighted by Crippen LogP contribution is 2.38. The fourth-order valence-electron chi connectivity index (χ4n) is 6.44. The molecule has 2 N–H and O–H groups in total. The number of nitrogens with one attached hydrogen (secondary N) is 1. The van der Waals surface area contributed by atoms with E-state index in [0.717, 1.165) is 56.5 Å². The summed E-state index contributed by atoms with van der Waals surface area (Å²) >= 11 is 1.70. The monoisotopic (exact) mass is 643 g/mol. The van der Waals surface area contributed by atoms with Gasteiger partial charge < -0.3 is 19.6 Å². The van der Waals surface area contributed by atoms with Gasteiger partial charge in [-0.1, -0.05) is 24.3 Å². The van der Waals surface area contributed by atoms with E-state index in [4.69, 9.17) is 9.47 Å². The molecule has 0 bridgehead atoms. The summed E-state index contributed by atoms with van der Waals surface area (Å²) in [5, 5.41) is 22.5. The van der Waals surface area contributed by atoms with Crippen molar-refractivity contribution in [1.82, 2.24) is 24.9 Å². The summed E-state index contributed by atoms with van der Waals surface area (Å²) in [6.07, 6.45) is 1.01. The van der Waals surface area contributed by atoms with Gasteiger partial charge in [0.1, 0.15) is 17.4 Å². The van der Waals surface area contributed by atoms with E-state index in [0.29, 0.717) is 32.8 Å². The van der Waals surface area contributed by atoms with Crippen molar-refractivity contribution >= 4 is 38.4 Å². The normalized spacial score (nSPS) is 16.3. The van der Waals surface area contributed by atoms with Gasteiger partial charge in [-0.05, 0) is 91.4 Å². The van der Waals surface area contributed by atoms with Gasteiger partial charge in [0.2, 0.25) is 5.56 Å². The minimum absolute atomic E-state index is 0.00933. The number of aliphatic hydroxyl groups is 1. The molecule has 2 unspecified atom stereocenters. The van der Waals surface area contributed by atoms with Crippen LogP contribution >= 0.6 is 11.3 Å². The van der Waals surface area contributed by atoms with Gasteiger partial charge in [0, 0.05) is 36.3 Å². The Balaban J connectivity index is 1.41. The number of fused-ring (bicyclic) bond motifs is 3. The maximum atomic E-state index is 13.1. The van der Waals surface area contributed by atoms with Gasteiger partial charge in [0.05, 0.1) is 36.4 Å². The highest BCUT2D eigenvalue weighted by Gasteiger charge is 2.27. The molecule has 0 spiro atoms. The number of pyridine rings is 1. The summed E-state index contributed by atoms with van der Waals surface area (Å²) in [6, 6.07) is 13.8. The predicted octanol–water partition coefficient (Wildman–Crippen LogP) is 5.67. The SMILES string of the molecule is CCOC(=O)CC(c1cc(CN2Cc3[nH]c(=O)ccc3OC(CC)C2)c2sccc2c1)c1ccc2c(nnn2CC(C)(C)O)c1C. The Morgan fingerprint density at radius 1 is 1.22 bits per heavy atom. The van der Waals surface area contributed by atoms with Crippen LogP contribution in [0.25, 0.3) is 21.1 Å². The van der Waals surface area contributed by atoms with Gasteiger partial charge in [-0.3, -0.25) is 14.5 Å². The molecule has 1 aliphatic heterocycles. The minimum atomic E-state index is -0.944. The molecule has 0 saturated heterocycles. The third-order valence-electron chi connectivity index (χ3n) is 8.57. The lowest BCUT2D eigenvalue weighted by atomic mass is 9.84. The fourth-order valence-corrected chi connectivity index (χ4v) is 7.33. The zero-order valence-electron chi connectivity index (χ0n) is 27.0. The van der Waals surface area contributed by atoms with Crippen molar-refractivity contribution in [3.05, 3.63) is 86.1 Å². The average Bonchev–Trinajstić information content (AvgIpc) is 3.60. The van der Waals surface area contributed by atoms with E-state index >= 15 is 0 Å². The highest BCUT2D eigenvalue weighted by molar-refractivity contribution is 7.17. The Bertz CT molecular complexity index is 1940. The number of thiophene rings is 1. The van der Waals surface area contributed by atoms with Crippen molar-refractivity contribution in [2.24, 2.45) is 0 Å². The lowest BCUT2D eigenvalue weighted by Crippen LogP contribution is -2.32. The number of aromatic amines is 1. The first kappa shape index (κ1) is 31.9. The van der Waals surface area contributed by atoms with Crippen LogP contribution in [0.3, 0.4) is 0 Å². The smallest absolute Gasteiger partial charge is 0.306 e. The van der Waals surface area contributed by atoms with Crippen molar-refractivity contribution < 1.29 is 19.4 Å². The second-order valence-electron chi connectivity index (χ2n) is 12.8. The molecule has 11 heteroatoms. The number of esters is 1. The third kappa shape index (κ3) is 6.72. The van der Waals surface area contributed by atoms with Gasteiger partial charge in [0.25, 0.3) is 0 Å².